The van der Waals surface area contributed by atoms with Crippen molar-refractivity contribution in [2.45, 2.75) is 19.3 Å². The van der Waals surface area contributed by atoms with Gasteiger partial charge in [0.1, 0.15) is 11.2 Å². The number of rotatable bonds is 5. The van der Waals surface area contributed by atoms with Crippen LogP contribution in [-0.2, 0) is 10.2 Å². The Bertz CT molecular complexity index is 937. The van der Waals surface area contributed by atoms with Gasteiger partial charge in [-0.15, -0.1) is 0 Å². The molecule has 1 aromatic heterocycles. The van der Waals surface area contributed by atoms with Crippen LogP contribution in [-0.4, -0.2) is 17.9 Å². The molecule has 132 valence electrons. The predicted octanol–water partition coefficient (Wildman–Crippen LogP) is 5.08. The highest BCUT2D eigenvalue weighted by molar-refractivity contribution is 9.10. The minimum absolute atomic E-state index is 0.0439. The van der Waals surface area contributed by atoms with E-state index in [1.54, 1.807) is 20.2 Å². The summed E-state index contributed by atoms with van der Waals surface area (Å²) in [4.78, 5) is 17.4. The highest BCUT2D eigenvalue weighted by Gasteiger charge is 2.42. The lowest BCUT2D eigenvalue weighted by molar-refractivity contribution is -0.119. The summed E-state index contributed by atoms with van der Waals surface area (Å²) in [7, 11) is 1.58. The molecule has 0 N–H and O–H groups in total. The lowest BCUT2D eigenvalue weighted by Gasteiger charge is -2.34. The number of hydrogen-bond donors (Lipinski definition) is 0. The van der Waals surface area contributed by atoms with Crippen LogP contribution in [0.15, 0.2) is 71.3 Å². The summed E-state index contributed by atoms with van der Waals surface area (Å²) >= 11 is 3.48. The van der Waals surface area contributed by atoms with Gasteiger partial charge in [0.05, 0.1) is 7.11 Å². The summed E-state index contributed by atoms with van der Waals surface area (Å²) in [6, 6.07) is 19.6. The Hall–Kier alpha value is -2.46. The number of carbonyl (C=O) groups excluding carboxylic acids is 1. The van der Waals surface area contributed by atoms with E-state index in [-0.39, 0.29) is 5.78 Å². The molecule has 0 radical (unpaired) electrons. The van der Waals surface area contributed by atoms with Gasteiger partial charge < -0.3 is 4.74 Å². The Morgan fingerprint density at radius 2 is 1.73 bits per heavy atom. The topological polar surface area (TPSA) is 39.2 Å². The molecule has 26 heavy (non-hydrogen) atoms. The average Bonchev–Trinajstić information content (AvgIpc) is 2.65. The summed E-state index contributed by atoms with van der Waals surface area (Å²) in [5.41, 5.74) is 2.84. The van der Waals surface area contributed by atoms with Crippen LogP contribution in [0.3, 0.4) is 0 Å². The lowest BCUT2D eigenvalue weighted by atomic mass is 9.66. The Kier molecular flexibility index (Phi) is 5.23. The number of methoxy groups -OCH3 is 1. The van der Waals surface area contributed by atoms with Gasteiger partial charge in [0.25, 0.3) is 0 Å². The molecule has 0 fully saturated rings. The molecular weight excluding hydrogens is 390 g/mol. The van der Waals surface area contributed by atoms with Gasteiger partial charge in [-0.1, -0.05) is 52.3 Å². The molecule has 3 aromatic rings. The second-order valence-corrected chi connectivity index (χ2v) is 7.13. The van der Waals surface area contributed by atoms with Crippen molar-refractivity contribution in [2.24, 2.45) is 0 Å². The van der Waals surface area contributed by atoms with E-state index in [2.05, 4.69) is 20.9 Å². The number of carbonyl (C=O) groups is 1. The molecule has 3 rings (SSSR count). The van der Waals surface area contributed by atoms with E-state index in [1.165, 1.54) is 0 Å². The summed E-state index contributed by atoms with van der Waals surface area (Å²) in [6.07, 6.45) is 1.68. The molecule has 0 spiro atoms. The fraction of sp³-hybridized carbons (Fsp3) is 0.182. The number of aromatic nitrogens is 1. The van der Waals surface area contributed by atoms with E-state index in [9.17, 15) is 4.79 Å². The number of ketones is 1. The first kappa shape index (κ1) is 18.3. The summed E-state index contributed by atoms with van der Waals surface area (Å²) in [6.45, 7) is 3.67. The Morgan fingerprint density at radius 3 is 2.35 bits per heavy atom. The van der Waals surface area contributed by atoms with E-state index in [4.69, 9.17) is 4.74 Å². The maximum Gasteiger partial charge on any atom is 0.213 e. The van der Waals surface area contributed by atoms with Crippen LogP contribution in [0.1, 0.15) is 29.2 Å². The zero-order valence-electron chi connectivity index (χ0n) is 15.0. The Labute approximate surface area is 162 Å². The highest BCUT2D eigenvalue weighted by atomic mass is 79.9. The quantitative estimate of drug-likeness (QED) is 0.589. The third-order valence-corrected chi connectivity index (χ3v) is 5.26. The second-order valence-electron chi connectivity index (χ2n) is 6.21. The number of halogens is 1. The van der Waals surface area contributed by atoms with Crippen LogP contribution in [0.4, 0.5) is 0 Å². The van der Waals surface area contributed by atoms with Crippen LogP contribution in [0.5, 0.6) is 5.88 Å². The number of nitrogens with zero attached hydrogens (tertiary/aromatic N) is 1. The molecule has 1 heterocycles. The number of ether oxygens (including phenoxy) is 1. The molecule has 3 nitrogen and oxygen atoms in total. The fourth-order valence-electron chi connectivity index (χ4n) is 3.52. The van der Waals surface area contributed by atoms with E-state index in [0.29, 0.717) is 5.88 Å². The van der Waals surface area contributed by atoms with Gasteiger partial charge in [-0.2, -0.15) is 0 Å². The van der Waals surface area contributed by atoms with Gasteiger partial charge in [0, 0.05) is 16.7 Å². The minimum Gasteiger partial charge on any atom is -0.481 e. The van der Waals surface area contributed by atoms with Crippen LogP contribution < -0.4 is 4.74 Å². The lowest BCUT2D eigenvalue weighted by Crippen LogP contribution is -2.37. The Balaban J connectivity index is 2.42. The average molecular weight is 410 g/mol. The largest absolute Gasteiger partial charge is 0.481 e. The van der Waals surface area contributed by atoms with E-state index < -0.39 is 5.41 Å². The number of aryl methyl sites for hydroxylation is 1. The SMILES string of the molecule is COc1cc(C(C(C)=O)(c2ccc(Br)cc2)c2ccccc2C)ccn1. The zero-order valence-corrected chi connectivity index (χ0v) is 16.6. The monoisotopic (exact) mass is 409 g/mol. The third-order valence-electron chi connectivity index (χ3n) is 4.73. The van der Waals surface area contributed by atoms with Crippen LogP contribution >= 0.6 is 15.9 Å². The van der Waals surface area contributed by atoms with E-state index in [0.717, 1.165) is 26.7 Å². The van der Waals surface area contributed by atoms with Crippen molar-refractivity contribution >= 4 is 21.7 Å². The molecule has 0 saturated heterocycles. The smallest absolute Gasteiger partial charge is 0.213 e. The maximum absolute atomic E-state index is 13.2. The zero-order chi connectivity index (χ0) is 18.7. The molecule has 0 bridgehead atoms. The summed E-state index contributed by atoms with van der Waals surface area (Å²) in [5, 5.41) is 0. The molecule has 2 aromatic carbocycles. The molecule has 1 unspecified atom stereocenters. The molecular formula is C22H20BrNO2. The number of pyridine rings is 1. The first-order chi connectivity index (χ1) is 12.5. The van der Waals surface area contributed by atoms with E-state index in [1.807, 2.05) is 67.6 Å². The first-order valence-electron chi connectivity index (χ1n) is 8.34. The van der Waals surface area contributed by atoms with Crippen molar-refractivity contribution in [3.8, 4) is 5.88 Å². The summed E-state index contributed by atoms with van der Waals surface area (Å²) in [5.74, 6) is 0.529. The van der Waals surface area contributed by atoms with Gasteiger partial charge in [-0.25, -0.2) is 4.98 Å². The number of benzene rings is 2. The summed E-state index contributed by atoms with van der Waals surface area (Å²) < 4.78 is 6.29. The second kappa shape index (κ2) is 7.42. The minimum atomic E-state index is -0.928. The van der Waals surface area contributed by atoms with E-state index >= 15 is 0 Å². The van der Waals surface area contributed by atoms with Gasteiger partial charge in [-0.05, 0) is 54.3 Å². The third kappa shape index (κ3) is 3.06. The Morgan fingerprint density at radius 1 is 1.04 bits per heavy atom. The standard InChI is InChI=1S/C22H20BrNO2/c1-15-6-4-5-7-20(15)22(16(2)25,17-8-10-19(23)11-9-17)18-12-13-24-21(14-18)26-3/h4-14H,1-3H3. The fourth-order valence-corrected chi connectivity index (χ4v) is 3.79. The van der Waals surface area contributed by atoms with Crippen molar-refractivity contribution in [2.75, 3.05) is 7.11 Å². The number of hydrogen-bond acceptors (Lipinski definition) is 3. The maximum atomic E-state index is 13.2. The molecule has 0 amide bonds. The van der Waals surface area contributed by atoms with Gasteiger partial charge in [-0.3, -0.25) is 4.79 Å². The van der Waals surface area contributed by atoms with Crippen molar-refractivity contribution in [3.63, 3.8) is 0 Å². The highest BCUT2D eigenvalue weighted by Crippen LogP contribution is 2.42. The molecule has 4 heteroatoms. The van der Waals surface area contributed by atoms with Crippen LogP contribution in [0.25, 0.3) is 0 Å². The molecule has 0 aliphatic carbocycles. The van der Waals surface area contributed by atoms with Crippen molar-refractivity contribution < 1.29 is 9.53 Å². The molecule has 1 atom stereocenters. The van der Waals surface area contributed by atoms with Crippen molar-refractivity contribution in [1.29, 1.82) is 0 Å². The molecule has 0 saturated carbocycles. The van der Waals surface area contributed by atoms with Gasteiger partial charge in [0.2, 0.25) is 5.88 Å². The predicted molar refractivity (Wildman–Crippen MR) is 107 cm³/mol. The van der Waals surface area contributed by atoms with Crippen molar-refractivity contribution in [1.82, 2.24) is 4.98 Å². The van der Waals surface area contributed by atoms with Gasteiger partial charge in [0.15, 0.2) is 0 Å². The number of Topliss-reactive ketones (excluding diaryl/α,β-unsaturated/α-hetero) is 1. The molecule has 0 aliphatic rings. The van der Waals surface area contributed by atoms with Crippen LogP contribution in [0.2, 0.25) is 0 Å². The molecule has 0 aliphatic heterocycles. The van der Waals surface area contributed by atoms with Crippen molar-refractivity contribution in [3.05, 3.63) is 93.6 Å². The van der Waals surface area contributed by atoms with Crippen LogP contribution in [0, 0.1) is 6.92 Å². The van der Waals surface area contributed by atoms with Gasteiger partial charge >= 0.3 is 0 Å². The first-order valence-corrected chi connectivity index (χ1v) is 9.13. The normalized spacial score (nSPS) is 13.1.